The predicted molar refractivity (Wildman–Crippen MR) is 93.8 cm³/mol. The summed E-state index contributed by atoms with van der Waals surface area (Å²) in [5.74, 6) is 1.82. The lowest BCUT2D eigenvalue weighted by Crippen LogP contribution is -2.03. The van der Waals surface area contributed by atoms with Gasteiger partial charge in [0.25, 0.3) is 0 Å². The molecule has 0 atom stereocenters. The Balaban J connectivity index is 2.00. The average Bonchev–Trinajstić information content (AvgIpc) is 2.94. The summed E-state index contributed by atoms with van der Waals surface area (Å²) in [6.45, 7) is 2.17. The molecule has 1 aliphatic heterocycles. The first-order chi connectivity index (χ1) is 11.3. The van der Waals surface area contributed by atoms with Gasteiger partial charge in [0.1, 0.15) is 5.82 Å². The third-order valence-corrected chi connectivity index (χ3v) is 4.45. The van der Waals surface area contributed by atoms with Crippen LogP contribution in [-0.2, 0) is 6.42 Å². The molecular weight excluding hydrogens is 306 g/mol. The summed E-state index contributed by atoms with van der Waals surface area (Å²) in [5.41, 5.74) is 4.62. The Kier molecular flexibility index (Phi) is 3.50. The molecule has 0 unspecified atom stereocenters. The van der Waals surface area contributed by atoms with Crippen LogP contribution < -0.4 is 0 Å². The topological polar surface area (TPSA) is 30.7 Å². The Labute approximate surface area is 140 Å². The van der Waals surface area contributed by atoms with E-state index in [1.807, 2.05) is 30.3 Å². The zero-order chi connectivity index (χ0) is 15.8. The number of benzene rings is 2. The number of fused-ring (bicyclic) bond motifs is 3. The first kappa shape index (κ1) is 14.2. The third-order valence-electron chi connectivity index (χ3n) is 4.22. The van der Waals surface area contributed by atoms with E-state index >= 15 is 0 Å². The van der Waals surface area contributed by atoms with Crippen LogP contribution in [-0.4, -0.2) is 14.8 Å². The summed E-state index contributed by atoms with van der Waals surface area (Å²) < 4.78 is 2.15. The fraction of sp³-hybridized carbons (Fsp3) is 0.158. The van der Waals surface area contributed by atoms with Crippen LogP contribution in [0.25, 0.3) is 22.6 Å². The number of hydrogen-bond acceptors (Lipinski definition) is 2. The molecule has 0 radical (unpaired) electrons. The van der Waals surface area contributed by atoms with Gasteiger partial charge in [-0.25, -0.2) is 0 Å². The first-order valence-corrected chi connectivity index (χ1v) is 8.14. The molecule has 0 saturated carbocycles. The molecule has 3 aromatic rings. The molecule has 2 aromatic carbocycles. The lowest BCUT2D eigenvalue weighted by molar-refractivity contribution is 0.929. The molecule has 2 heterocycles. The van der Waals surface area contributed by atoms with Crippen molar-refractivity contribution in [2.45, 2.75) is 19.8 Å². The van der Waals surface area contributed by atoms with Gasteiger partial charge in [-0.3, -0.25) is 4.57 Å². The Hall–Kier alpha value is -2.39. The highest BCUT2D eigenvalue weighted by Gasteiger charge is 2.21. The molecule has 0 aliphatic carbocycles. The molecule has 0 saturated heterocycles. The van der Waals surface area contributed by atoms with Crippen LogP contribution in [0.3, 0.4) is 0 Å². The van der Waals surface area contributed by atoms with Crippen molar-refractivity contribution in [3.05, 3.63) is 71.0 Å². The normalized spacial score (nSPS) is 13.0. The van der Waals surface area contributed by atoms with Crippen LogP contribution in [0.5, 0.6) is 0 Å². The highest BCUT2D eigenvalue weighted by molar-refractivity contribution is 6.30. The van der Waals surface area contributed by atoms with E-state index in [1.54, 1.807) is 0 Å². The van der Waals surface area contributed by atoms with E-state index in [2.05, 4.69) is 46.0 Å². The standard InChI is InChI=1S/C19H16ClN3/c1-2-13-8-11-18-21-22-19(14-6-4-3-5-7-14)23(18)17-10-9-15(20)12-16(13)17/h3-10,12H,2,11H2,1H3. The number of halogens is 1. The maximum atomic E-state index is 6.24. The molecule has 0 amide bonds. The SMILES string of the molecule is CCC1=CCc2nnc(-c3ccccc3)n2-c2ccc(Cl)cc21. The minimum Gasteiger partial charge on any atom is -0.278 e. The first-order valence-electron chi connectivity index (χ1n) is 7.77. The monoisotopic (exact) mass is 321 g/mol. The molecule has 0 fully saturated rings. The zero-order valence-corrected chi connectivity index (χ0v) is 13.6. The van der Waals surface area contributed by atoms with Gasteiger partial charge in [-0.15, -0.1) is 10.2 Å². The smallest absolute Gasteiger partial charge is 0.168 e. The van der Waals surface area contributed by atoms with Gasteiger partial charge in [-0.2, -0.15) is 0 Å². The van der Waals surface area contributed by atoms with E-state index in [0.717, 1.165) is 46.3 Å². The predicted octanol–water partition coefficient (Wildman–Crippen LogP) is 4.94. The molecule has 3 nitrogen and oxygen atoms in total. The molecule has 1 aromatic heterocycles. The molecule has 4 rings (SSSR count). The van der Waals surface area contributed by atoms with Crippen LogP contribution in [0.2, 0.25) is 5.02 Å². The van der Waals surface area contributed by atoms with Crippen LogP contribution in [0.4, 0.5) is 0 Å². The number of nitrogens with zero attached hydrogens (tertiary/aromatic N) is 3. The van der Waals surface area contributed by atoms with E-state index in [-0.39, 0.29) is 0 Å². The van der Waals surface area contributed by atoms with Gasteiger partial charge in [0.05, 0.1) is 5.69 Å². The maximum Gasteiger partial charge on any atom is 0.168 e. The second-order valence-electron chi connectivity index (χ2n) is 5.59. The van der Waals surface area contributed by atoms with Crippen molar-refractivity contribution in [3.63, 3.8) is 0 Å². The van der Waals surface area contributed by atoms with Gasteiger partial charge >= 0.3 is 0 Å². The van der Waals surface area contributed by atoms with Gasteiger partial charge in [-0.05, 0) is 30.2 Å². The third kappa shape index (κ3) is 2.37. The highest BCUT2D eigenvalue weighted by Crippen LogP contribution is 2.34. The fourth-order valence-corrected chi connectivity index (χ4v) is 3.27. The largest absolute Gasteiger partial charge is 0.278 e. The van der Waals surface area contributed by atoms with Crippen LogP contribution in [0, 0.1) is 0 Å². The molecule has 0 spiro atoms. The summed E-state index contributed by atoms with van der Waals surface area (Å²) in [7, 11) is 0. The molecule has 0 bridgehead atoms. The van der Waals surface area contributed by atoms with Crippen LogP contribution in [0.15, 0.2) is 54.6 Å². The Morgan fingerprint density at radius 3 is 2.70 bits per heavy atom. The number of hydrogen-bond donors (Lipinski definition) is 0. The Morgan fingerprint density at radius 2 is 1.91 bits per heavy atom. The number of rotatable bonds is 2. The second kappa shape index (κ2) is 5.67. The van der Waals surface area contributed by atoms with Crippen LogP contribution >= 0.6 is 11.6 Å². The van der Waals surface area contributed by atoms with E-state index in [1.165, 1.54) is 5.57 Å². The van der Waals surface area contributed by atoms with Crippen molar-refractivity contribution in [1.82, 2.24) is 14.8 Å². The molecule has 114 valence electrons. The number of allylic oxidation sites excluding steroid dienone is 2. The van der Waals surface area contributed by atoms with Crippen molar-refractivity contribution < 1.29 is 0 Å². The summed E-state index contributed by atoms with van der Waals surface area (Å²) >= 11 is 6.24. The van der Waals surface area contributed by atoms with Crippen molar-refractivity contribution in [2.75, 3.05) is 0 Å². The minimum absolute atomic E-state index is 0.751. The zero-order valence-electron chi connectivity index (χ0n) is 12.8. The molecule has 4 heteroatoms. The molecule has 1 aliphatic rings. The van der Waals surface area contributed by atoms with Gasteiger partial charge in [0.15, 0.2) is 5.82 Å². The van der Waals surface area contributed by atoms with Crippen molar-refractivity contribution in [3.8, 4) is 17.1 Å². The second-order valence-corrected chi connectivity index (χ2v) is 6.03. The quantitative estimate of drug-likeness (QED) is 0.669. The number of aromatic nitrogens is 3. The summed E-state index contributed by atoms with van der Waals surface area (Å²) in [5, 5.41) is 9.60. The van der Waals surface area contributed by atoms with Crippen molar-refractivity contribution >= 4 is 17.2 Å². The fourth-order valence-electron chi connectivity index (χ4n) is 3.10. The van der Waals surface area contributed by atoms with E-state index in [4.69, 9.17) is 11.6 Å². The van der Waals surface area contributed by atoms with Crippen LogP contribution in [0.1, 0.15) is 24.7 Å². The Morgan fingerprint density at radius 1 is 1.09 bits per heavy atom. The van der Waals surface area contributed by atoms with Crippen molar-refractivity contribution in [1.29, 1.82) is 0 Å². The summed E-state index contributed by atoms with van der Waals surface area (Å²) in [4.78, 5) is 0. The van der Waals surface area contributed by atoms with Gasteiger partial charge < -0.3 is 0 Å². The molecular formula is C19H16ClN3. The van der Waals surface area contributed by atoms with E-state index in [0.29, 0.717) is 0 Å². The van der Waals surface area contributed by atoms with E-state index < -0.39 is 0 Å². The maximum absolute atomic E-state index is 6.24. The lowest BCUT2D eigenvalue weighted by atomic mass is 10.0. The van der Waals surface area contributed by atoms with Gasteiger partial charge in [-0.1, -0.05) is 54.9 Å². The van der Waals surface area contributed by atoms with E-state index in [9.17, 15) is 0 Å². The average molecular weight is 322 g/mol. The lowest BCUT2D eigenvalue weighted by Gasteiger charge is -2.14. The molecule has 23 heavy (non-hydrogen) atoms. The van der Waals surface area contributed by atoms with Crippen molar-refractivity contribution in [2.24, 2.45) is 0 Å². The summed E-state index contributed by atoms with van der Waals surface area (Å²) in [6, 6.07) is 16.2. The molecule has 0 N–H and O–H groups in total. The highest BCUT2D eigenvalue weighted by atomic mass is 35.5. The van der Waals surface area contributed by atoms with Gasteiger partial charge in [0, 0.05) is 22.6 Å². The van der Waals surface area contributed by atoms with Gasteiger partial charge in [0.2, 0.25) is 0 Å². The Bertz CT molecular complexity index is 894. The minimum atomic E-state index is 0.751. The summed E-state index contributed by atoms with van der Waals surface area (Å²) in [6.07, 6.45) is 3.97.